The van der Waals surface area contributed by atoms with Crippen LogP contribution in [0.5, 0.6) is 0 Å². The Hall–Kier alpha value is -1.19. The van der Waals surface area contributed by atoms with Gasteiger partial charge in [0, 0.05) is 6.42 Å². The summed E-state index contributed by atoms with van der Waals surface area (Å²) >= 11 is 0. The number of rotatable bonds is 6. The molecule has 0 aromatic rings. The highest BCUT2D eigenvalue weighted by Crippen LogP contribution is 1.98. The van der Waals surface area contributed by atoms with Crippen molar-refractivity contribution in [3.8, 4) is 0 Å². The van der Waals surface area contributed by atoms with Gasteiger partial charge in [-0.1, -0.05) is 13.3 Å². The van der Waals surface area contributed by atoms with Crippen LogP contribution in [-0.2, 0) is 14.4 Å². The molecule has 68 valence electrons. The van der Waals surface area contributed by atoms with Gasteiger partial charge in [-0.25, -0.2) is 4.79 Å². The van der Waals surface area contributed by atoms with Gasteiger partial charge in [-0.2, -0.15) is 0 Å². The van der Waals surface area contributed by atoms with E-state index in [1.807, 2.05) is 6.92 Å². The Morgan fingerprint density at radius 2 is 1.83 bits per heavy atom. The minimum absolute atomic E-state index is 0.288. The molecule has 0 saturated carbocycles. The van der Waals surface area contributed by atoms with E-state index in [1.165, 1.54) is 0 Å². The van der Waals surface area contributed by atoms with Crippen molar-refractivity contribution < 1.29 is 19.5 Å². The average Bonchev–Trinajstić information content (AvgIpc) is 2.00. The van der Waals surface area contributed by atoms with Crippen LogP contribution in [-0.4, -0.2) is 22.6 Å². The number of carboxylic acids is 1. The van der Waals surface area contributed by atoms with E-state index in [4.69, 9.17) is 5.11 Å². The van der Waals surface area contributed by atoms with Crippen molar-refractivity contribution in [3.05, 3.63) is 0 Å². The van der Waals surface area contributed by atoms with Crippen LogP contribution in [0.4, 0.5) is 0 Å². The fraction of sp³-hybridized carbons (Fsp3) is 0.625. The van der Waals surface area contributed by atoms with Crippen molar-refractivity contribution in [1.29, 1.82) is 0 Å². The highest BCUT2D eigenvalue weighted by atomic mass is 16.4. The highest BCUT2D eigenvalue weighted by Gasteiger charge is 2.15. The molecule has 0 aliphatic carbocycles. The summed E-state index contributed by atoms with van der Waals surface area (Å²) in [7, 11) is 0. The minimum Gasteiger partial charge on any atom is -0.475 e. The lowest BCUT2D eigenvalue weighted by Crippen LogP contribution is -2.16. The largest absolute Gasteiger partial charge is 0.475 e. The minimum atomic E-state index is -1.53. The Balaban J connectivity index is 3.69. The Morgan fingerprint density at radius 3 is 2.25 bits per heavy atom. The summed E-state index contributed by atoms with van der Waals surface area (Å²) in [5.41, 5.74) is 0. The molecule has 0 bridgehead atoms. The predicted molar refractivity (Wildman–Crippen MR) is 41.8 cm³/mol. The quantitative estimate of drug-likeness (QED) is 0.475. The first-order valence-corrected chi connectivity index (χ1v) is 3.85. The molecule has 0 aromatic heterocycles. The van der Waals surface area contributed by atoms with E-state index < -0.39 is 18.2 Å². The zero-order valence-electron chi connectivity index (χ0n) is 7.00. The number of carbonyl (C=O) groups excluding carboxylic acids is 2. The molecular formula is C8H12O4. The molecule has 0 radical (unpaired) electrons. The molecule has 0 rings (SSSR count). The van der Waals surface area contributed by atoms with Crippen LogP contribution < -0.4 is 0 Å². The van der Waals surface area contributed by atoms with Gasteiger partial charge in [0.05, 0.1) is 6.42 Å². The van der Waals surface area contributed by atoms with Gasteiger partial charge in [0.25, 0.3) is 0 Å². The van der Waals surface area contributed by atoms with Gasteiger partial charge in [-0.3, -0.25) is 9.59 Å². The van der Waals surface area contributed by atoms with Crippen molar-refractivity contribution in [2.75, 3.05) is 0 Å². The van der Waals surface area contributed by atoms with Crippen molar-refractivity contribution in [1.82, 2.24) is 0 Å². The number of hydrogen-bond acceptors (Lipinski definition) is 3. The SMILES string of the molecule is CCCCC(=O)CC(=O)C(=O)O. The van der Waals surface area contributed by atoms with Gasteiger partial charge in [-0.15, -0.1) is 0 Å². The molecular weight excluding hydrogens is 160 g/mol. The van der Waals surface area contributed by atoms with E-state index >= 15 is 0 Å². The maximum absolute atomic E-state index is 10.8. The van der Waals surface area contributed by atoms with Gasteiger partial charge >= 0.3 is 5.97 Å². The third-order valence-corrected chi connectivity index (χ3v) is 1.41. The molecule has 0 fully saturated rings. The number of hydrogen-bond donors (Lipinski definition) is 1. The summed E-state index contributed by atoms with van der Waals surface area (Å²) in [5.74, 6) is -2.83. The number of carbonyl (C=O) groups is 3. The molecule has 4 nitrogen and oxygen atoms in total. The van der Waals surface area contributed by atoms with Crippen LogP contribution in [0.1, 0.15) is 32.6 Å². The van der Waals surface area contributed by atoms with Gasteiger partial charge in [0.1, 0.15) is 5.78 Å². The second kappa shape index (κ2) is 5.46. The van der Waals surface area contributed by atoms with E-state index in [-0.39, 0.29) is 5.78 Å². The van der Waals surface area contributed by atoms with Gasteiger partial charge < -0.3 is 5.11 Å². The molecule has 0 heterocycles. The van der Waals surface area contributed by atoms with Crippen molar-refractivity contribution in [2.45, 2.75) is 32.6 Å². The Bertz CT molecular complexity index is 195. The summed E-state index contributed by atoms with van der Waals surface area (Å²) in [6.07, 6.45) is 1.42. The van der Waals surface area contributed by atoms with Gasteiger partial charge in [0.2, 0.25) is 5.78 Å². The molecule has 0 aliphatic rings. The van der Waals surface area contributed by atoms with Crippen LogP contribution in [0, 0.1) is 0 Å². The molecule has 0 atom stereocenters. The lowest BCUT2D eigenvalue weighted by atomic mass is 10.1. The van der Waals surface area contributed by atoms with Gasteiger partial charge in [0.15, 0.2) is 0 Å². The molecule has 4 heteroatoms. The third-order valence-electron chi connectivity index (χ3n) is 1.41. The molecule has 0 aromatic carbocycles. The topological polar surface area (TPSA) is 71.4 Å². The number of unbranched alkanes of at least 4 members (excludes halogenated alkanes) is 1. The molecule has 0 aliphatic heterocycles. The predicted octanol–water partition coefficient (Wildman–Crippen LogP) is 0.789. The first-order chi connectivity index (χ1) is 5.57. The maximum atomic E-state index is 10.8. The molecule has 0 amide bonds. The summed E-state index contributed by atoms with van der Waals surface area (Å²) in [4.78, 5) is 31.3. The zero-order chi connectivity index (χ0) is 9.56. The first-order valence-electron chi connectivity index (χ1n) is 3.85. The highest BCUT2D eigenvalue weighted by molar-refractivity contribution is 6.36. The average molecular weight is 172 g/mol. The Kier molecular flexibility index (Phi) is 4.92. The number of ketones is 2. The molecule has 0 saturated heterocycles. The summed E-state index contributed by atoms with van der Waals surface area (Å²) in [6, 6.07) is 0. The normalized spacial score (nSPS) is 9.42. The lowest BCUT2D eigenvalue weighted by Gasteiger charge is -1.95. The number of carboxylic acid groups (broad SMARTS) is 1. The lowest BCUT2D eigenvalue weighted by molar-refractivity contribution is -0.150. The number of aliphatic carboxylic acids is 1. The van der Waals surface area contributed by atoms with Crippen LogP contribution in [0.25, 0.3) is 0 Å². The fourth-order valence-corrected chi connectivity index (χ4v) is 0.717. The van der Waals surface area contributed by atoms with E-state index in [0.717, 1.165) is 6.42 Å². The summed E-state index contributed by atoms with van der Waals surface area (Å²) in [6.45, 7) is 1.92. The van der Waals surface area contributed by atoms with E-state index in [0.29, 0.717) is 12.8 Å². The maximum Gasteiger partial charge on any atom is 0.372 e. The molecule has 12 heavy (non-hydrogen) atoms. The van der Waals surface area contributed by atoms with E-state index in [1.54, 1.807) is 0 Å². The Labute approximate surface area is 70.6 Å². The van der Waals surface area contributed by atoms with Crippen molar-refractivity contribution in [3.63, 3.8) is 0 Å². The summed E-state index contributed by atoms with van der Waals surface area (Å²) in [5, 5.41) is 8.15. The van der Waals surface area contributed by atoms with Crippen LogP contribution in [0.3, 0.4) is 0 Å². The first kappa shape index (κ1) is 10.8. The van der Waals surface area contributed by atoms with Crippen molar-refractivity contribution >= 4 is 17.5 Å². The smallest absolute Gasteiger partial charge is 0.372 e. The Morgan fingerprint density at radius 1 is 1.25 bits per heavy atom. The standard InChI is InChI=1S/C8H12O4/c1-2-3-4-6(9)5-7(10)8(11)12/h2-5H2,1H3,(H,11,12). The zero-order valence-corrected chi connectivity index (χ0v) is 7.00. The monoisotopic (exact) mass is 172 g/mol. The fourth-order valence-electron chi connectivity index (χ4n) is 0.717. The molecule has 1 N–H and O–H groups in total. The second-order valence-electron chi connectivity index (χ2n) is 2.55. The van der Waals surface area contributed by atoms with Crippen molar-refractivity contribution in [2.24, 2.45) is 0 Å². The van der Waals surface area contributed by atoms with Gasteiger partial charge in [-0.05, 0) is 6.42 Å². The number of Topliss-reactive ketones (excluding diaryl/α,β-unsaturated/α-hetero) is 2. The molecule has 0 spiro atoms. The van der Waals surface area contributed by atoms with Crippen LogP contribution in [0.2, 0.25) is 0 Å². The van der Waals surface area contributed by atoms with Crippen LogP contribution >= 0.6 is 0 Å². The second-order valence-corrected chi connectivity index (χ2v) is 2.55. The van der Waals surface area contributed by atoms with Crippen LogP contribution in [0.15, 0.2) is 0 Å². The third kappa shape index (κ3) is 4.60. The van der Waals surface area contributed by atoms with E-state index in [9.17, 15) is 14.4 Å². The summed E-state index contributed by atoms with van der Waals surface area (Å²) < 4.78 is 0. The van der Waals surface area contributed by atoms with E-state index in [2.05, 4.69) is 0 Å². The molecule has 0 unspecified atom stereocenters.